The number of para-hydroxylation sites is 2. The van der Waals surface area contributed by atoms with Crippen molar-refractivity contribution in [3.05, 3.63) is 120 Å². The van der Waals surface area contributed by atoms with Crippen molar-refractivity contribution in [1.82, 2.24) is 9.97 Å². The molecular formula is C36H34N3OPt-. The van der Waals surface area contributed by atoms with Crippen LogP contribution in [0.3, 0.4) is 0 Å². The van der Waals surface area contributed by atoms with Crippen molar-refractivity contribution in [3.63, 3.8) is 0 Å². The predicted octanol–water partition coefficient (Wildman–Crippen LogP) is 8.86. The van der Waals surface area contributed by atoms with Crippen LogP contribution in [0.25, 0.3) is 22.4 Å². The molecule has 0 spiro atoms. The van der Waals surface area contributed by atoms with E-state index in [1.807, 2.05) is 48.7 Å². The molecule has 3 aromatic carbocycles. The van der Waals surface area contributed by atoms with E-state index in [0.29, 0.717) is 5.92 Å². The van der Waals surface area contributed by atoms with Gasteiger partial charge in [0.1, 0.15) is 11.6 Å². The molecule has 5 heteroatoms. The summed E-state index contributed by atoms with van der Waals surface area (Å²) >= 11 is 0. The zero-order chi connectivity index (χ0) is 27.5. The summed E-state index contributed by atoms with van der Waals surface area (Å²) in [5.41, 5.74) is 8.40. The fourth-order valence-electron chi connectivity index (χ4n) is 5.67. The van der Waals surface area contributed by atoms with Gasteiger partial charge in [0.15, 0.2) is 0 Å². The molecule has 4 nitrogen and oxygen atoms in total. The van der Waals surface area contributed by atoms with E-state index in [9.17, 15) is 5.11 Å². The number of pyridine rings is 2. The second-order valence-corrected chi connectivity index (χ2v) is 11.0. The van der Waals surface area contributed by atoms with E-state index in [1.54, 1.807) is 6.07 Å². The number of phenols is 1. The number of hydrogen-bond acceptors (Lipinski definition) is 4. The summed E-state index contributed by atoms with van der Waals surface area (Å²) in [6, 6.07) is 34.2. The van der Waals surface area contributed by atoms with Crippen LogP contribution in [0.15, 0.2) is 97.2 Å². The van der Waals surface area contributed by atoms with Crippen LogP contribution >= 0.6 is 0 Å². The second kappa shape index (κ2) is 12.8. The minimum Gasteiger partial charge on any atom is -0.515 e. The van der Waals surface area contributed by atoms with Crippen LogP contribution in [0.1, 0.15) is 43.4 Å². The van der Waals surface area contributed by atoms with Gasteiger partial charge in [-0.3, -0.25) is 9.88 Å². The van der Waals surface area contributed by atoms with Crippen LogP contribution in [0.2, 0.25) is 0 Å². The van der Waals surface area contributed by atoms with E-state index in [1.165, 1.54) is 23.1 Å². The quantitative estimate of drug-likeness (QED) is 0.171. The van der Waals surface area contributed by atoms with Gasteiger partial charge in [-0.25, -0.2) is 4.98 Å². The molecule has 0 atom stereocenters. The summed E-state index contributed by atoms with van der Waals surface area (Å²) in [6.07, 6.45) is 7.12. The maximum atomic E-state index is 10.7. The Morgan fingerprint density at radius 1 is 0.854 bits per heavy atom. The zero-order valence-corrected chi connectivity index (χ0v) is 25.7. The first-order valence-corrected chi connectivity index (χ1v) is 14.2. The molecule has 0 unspecified atom stereocenters. The van der Waals surface area contributed by atoms with Crippen LogP contribution in [0.5, 0.6) is 5.75 Å². The van der Waals surface area contributed by atoms with Crippen LogP contribution < -0.4 is 4.90 Å². The van der Waals surface area contributed by atoms with Gasteiger partial charge >= 0.3 is 0 Å². The van der Waals surface area contributed by atoms with Gasteiger partial charge in [-0.1, -0.05) is 67.9 Å². The van der Waals surface area contributed by atoms with Gasteiger partial charge < -0.3 is 5.11 Å². The summed E-state index contributed by atoms with van der Waals surface area (Å²) in [6.45, 7) is 4.46. The summed E-state index contributed by atoms with van der Waals surface area (Å²) in [7, 11) is 0. The molecule has 2 heterocycles. The first kappa shape index (κ1) is 28.8. The molecule has 1 aliphatic rings. The van der Waals surface area contributed by atoms with Gasteiger partial charge in [0.2, 0.25) is 0 Å². The van der Waals surface area contributed by atoms with Crippen molar-refractivity contribution in [3.8, 4) is 28.1 Å². The molecule has 0 fully saturated rings. The number of nitrogens with zero attached hydrogens (tertiary/aromatic N) is 3. The molecule has 0 saturated heterocycles. The minimum absolute atomic E-state index is 0. The Hall–Kier alpha value is -3.75. The van der Waals surface area contributed by atoms with E-state index in [4.69, 9.17) is 9.97 Å². The number of anilines is 3. The van der Waals surface area contributed by atoms with Gasteiger partial charge in [0, 0.05) is 38.6 Å². The number of hydrogen-bond donors (Lipinski definition) is 1. The van der Waals surface area contributed by atoms with Crippen molar-refractivity contribution in [2.24, 2.45) is 5.92 Å². The maximum Gasteiger partial charge on any atom is 0.138 e. The van der Waals surface area contributed by atoms with Gasteiger partial charge in [-0.15, -0.1) is 29.3 Å². The third-order valence-electron chi connectivity index (χ3n) is 7.47. The molecule has 2 aromatic heterocycles. The fourth-order valence-corrected chi connectivity index (χ4v) is 5.67. The number of phenolic OH excluding ortho intramolecular Hbond substituents is 1. The van der Waals surface area contributed by atoms with E-state index in [2.05, 4.69) is 67.3 Å². The van der Waals surface area contributed by atoms with Crippen LogP contribution in [-0.2, 0) is 40.3 Å². The van der Waals surface area contributed by atoms with Gasteiger partial charge in [0.25, 0.3) is 0 Å². The van der Waals surface area contributed by atoms with Crippen molar-refractivity contribution < 1.29 is 26.2 Å². The Kier molecular flexibility index (Phi) is 9.00. The molecule has 210 valence electrons. The Morgan fingerprint density at radius 2 is 1.59 bits per heavy atom. The minimum atomic E-state index is 0. The van der Waals surface area contributed by atoms with E-state index in [0.717, 1.165) is 65.4 Å². The number of rotatable bonds is 7. The predicted molar refractivity (Wildman–Crippen MR) is 163 cm³/mol. The normalized spacial score (nSPS) is 12.5. The Labute approximate surface area is 257 Å². The topological polar surface area (TPSA) is 49.2 Å². The molecule has 0 saturated carbocycles. The van der Waals surface area contributed by atoms with E-state index < -0.39 is 0 Å². The van der Waals surface area contributed by atoms with Crippen molar-refractivity contribution in [1.29, 1.82) is 0 Å². The van der Waals surface area contributed by atoms with Crippen molar-refractivity contribution >= 4 is 17.3 Å². The molecular weight excluding hydrogens is 685 g/mol. The monoisotopic (exact) mass is 719 g/mol. The standard InChI is InChI=1S/C36H34N3O.Pt/c1-25(2)20-26-21-28(31-15-8-9-17-34(31)40)23-29(22-26)33-24-27-12-6-7-16-32(27)36(38-33)39(30-13-4-3-5-14-30)35-18-10-11-19-37-35;/h3-5,8-11,13-15,17-19,21-22,24-25,40H,6-7,12,16,20H2,1-2H3;/q-1;. The molecule has 0 bridgehead atoms. The Bertz CT molecular complexity index is 1580. The molecule has 41 heavy (non-hydrogen) atoms. The first-order valence-electron chi connectivity index (χ1n) is 14.2. The number of aromatic hydroxyl groups is 1. The van der Waals surface area contributed by atoms with Gasteiger partial charge in [-0.2, -0.15) is 0 Å². The number of aryl methyl sites for hydroxylation is 1. The van der Waals surface area contributed by atoms with Crippen LogP contribution in [0, 0.1) is 12.0 Å². The molecule has 5 aromatic rings. The third kappa shape index (κ3) is 6.29. The SMILES string of the molecule is CC(C)Cc1cc(-c2cc3c(c(N(c4ccccc4)c4ccccn4)n2)CCCC3)[c-]c(-c2ccccc2O)c1.[Pt]. The van der Waals surface area contributed by atoms with E-state index in [-0.39, 0.29) is 26.8 Å². The number of fused-ring (bicyclic) bond motifs is 1. The third-order valence-corrected chi connectivity index (χ3v) is 7.47. The average molecular weight is 720 g/mol. The molecule has 1 N–H and O–H groups in total. The Balaban J connectivity index is 0.00000337. The van der Waals surface area contributed by atoms with Gasteiger partial charge in [0.05, 0.1) is 5.75 Å². The first-order chi connectivity index (χ1) is 19.6. The Morgan fingerprint density at radius 3 is 2.34 bits per heavy atom. The molecule has 0 radical (unpaired) electrons. The maximum absolute atomic E-state index is 10.7. The zero-order valence-electron chi connectivity index (χ0n) is 23.5. The summed E-state index contributed by atoms with van der Waals surface area (Å²) in [5.74, 6) is 2.54. The summed E-state index contributed by atoms with van der Waals surface area (Å²) in [5, 5.41) is 10.7. The van der Waals surface area contributed by atoms with Crippen LogP contribution in [-0.4, -0.2) is 15.1 Å². The molecule has 0 aliphatic heterocycles. The number of benzene rings is 3. The summed E-state index contributed by atoms with van der Waals surface area (Å²) < 4.78 is 0. The number of aromatic nitrogens is 2. The molecule has 6 rings (SSSR count). The smallest absolute Gasteiger partial charge is 0.138 e. The fraction of sp³-hybridized carbons (Fsp3) is 0.222. The van der Waals surface area contributed by atoms with Crippen LogP contribution in [0.4, 0.5) is 17.3 Å². The molecule has 1 aliphatic carbocycles. The second-order valence-electron chi connectivity index (χ2n) is 11.0. The largest absolute Gasteiger partial charge is 0.515 e. The van der Waals surface area contributed by atoms with Crippen molar-refractivity contribution in [2.45, 2.75) is 46.0 Å². The average Bonchev–Trinajstić information content (AvgIpc) is 2.98. The molecule has 0 amide bonds. The van der Waals surface area contributed by atoms with E-state index >= 15 is 0 Å². The summed E-state index contributed by atoms with van der Waals surface area (Å²) in [4.78, 5) is 12.3. The van der Waals surface area contributed by atoms with Gasteiger partial charge in [-0.05, 0) is 85.0 Å². The van der Waals surface area contributed by atoms with Crippen molar-refractivity contribution in [2.75, 3.05) is 4.90 Å².